The first kappa shape index (κ1) is 11.8. The van der Waals surface area contributed by atoms with Gasteiger partial charge < -0.3 is 4.74 Å². The van der Waals surface area contributed by atoms with Crippen molar-refractivity contribution in [1.82, 2.24) is 0 Å². The summed E-state index contributed by atoms with van der Waals surface area (Å²) in [5.41, 5.74) is -0.216. The molecule has 1 fully saturated rings. The van der Waals surface area contributed by atoms with Gasteiger partial charge in [0, 0.05) is 11.6 Å². The summed E-state index contributed by atoms with van der Waals surface area (Å²) in [6.07, 6.45) is 3.91. The number of carbonyl (C=O) groups excluding carboxylic acids is 1. The molecular formula is C13H14FNO2. The van der Waals surface area contributed by atoms with Crippen LogP contribution in [0.1, 0.15) is 31.7 Å². The van der Waals surface area contributed by atoms with Crippen LogP contribution in [0.25, 0.3) is 0 Å². The molecule has 0 spiro atoms. The van der Waals surface area contributed by atoms with E-state index in [-0.39, 0.29) is 5.82 Å². The van der Waals surface area contributed by atoms with Crippen LogP contribution < -0.4 is 4.74 Å². The van der Waals surface area contributed by atoms with Gasteiger partial charge in [-0.15, -0.1) is 0 Å². The normalized spacial score (nSPS) is 16.8. The summed E-state index contributed by atoms with van der Waals surface area (Å²) in [5, 5.41) is 0. The van der Waals surface area contributed by atoms with E-state index in [4.69, 9.17) is 4.74 Å². The largest absolute Gasteiger partial charge is 0.494 e. The van der Waals surface area contributed by atoms with Crippen molar-refractivity contribution in [1.29, 1.82) is 0 Å². The molecule has 0 atom stereocenters. The third kappa shape index (κ3) is 2.08. The predicted octanol–water partition coefficient (Wildman–Crippen LogP) is 2.94. The highest BCUT2D eigenvalue weighted by atomic mass is 19.1. The molecule has 4 heteroatoms. The third-order valence-corrected chi connectivity index (χ3v) is 3.19. The van der Waals surface area contributed by atoms with E-state index in [2.05, 4.69) is 4.99 Å². The fourth-order valence-corrected chi connectivity index (χ4v) is 2.17. The molecule has 0 saturated heterocycles. The molecule has 0 unspecified atom stereocenters. The van der Waals surface area contributed by atoms with E-state index in [1.165, 1.54) is 6.07 Å². The van der Waals surface area contributed by atoms with Crippen molar-refractivity contribution in [2.75, 3.05) is 6.61 Å². The van der Waals surface area contributed by atoms with Gasteiger partial charge in [0.2, 0.25) is 6.08 Å². The van der Waals surface area contributed by atoms with E-state index in [0.717, 1.165) is 6.42 Å². The molecule has 3 nitrogen and oxygen atoms in total. The SMILES string of the molecule is CCOc1ccc(C2(N=C=O)CCC2)c(F)c1. The lowest BCUT2D eigenvalue weighted by Crippen LogP contribution is -2.32. The molecule has 90 valence electrons. The number of nitrogens with zero attached hydrogens (tertiary/aromatic N) is 1. The Morgan fingerprint density at radius 2 is 2.29 bits per heavy atom. The lowest BCUT2D eigenvalue weighted by Gasteiger charge is -2.37. The van der Waals surface area contributed by atoms with Crippen LogP contribution >= 0.6 is 0 Å². The number of isocyanates is 1. The van der Waals surface area contributed by atoms with Crippen molar-refractivity contribution >= 4 is 6.08 Å². The summed E-state index contributed by atoms with van der Waals surface area (Å²) in [5.74, 6) is 0.132. The van der Waals surface area contributed by atoms with Gasteiger partial charge >= 0.3 is 0 Å². The second-order valence-corrected chi connectivity index (χ2v) is 4.16. The van der Waals surface area contributed by atoms with E-state index < -0.39 is 5.54 Å². The molecule has 1 aliphatic carbocycles. The highest BCUT2D eigenvalue weighted by Gasteiger charge is 2.40. The summed E-state index contributed by atoms with van der Waals surface area (Å²) < 4.78 is 19.2. The van der Waals surface area contributed by atoms with Crippen LogP contribution in [0.15, 0.2) is 23.2 Å². The number of ether oxygens (including phenoxy) is 1. The van der Waals surface area contributed by atoms with Crippen molar-refractivity contribution in [3.63, 3.8) is 0 Å². The average Bonchev–Trinajstić information content (AvgIpc) is 2.25. The second-order valence-electron chi connectivity index (χ2n) is 4.16. The zero-order valence-corrected chi connectivity index (χ0v) is 9.70. The zero-order valence-electron chi connectivity index (χ0n) is 9.70. The molecule has 1 aromatic rings. The van der Waals surface area contributed by atoms with Crippen LogP contribution in [0.4, 0.5) is 4.39 Å². The molecule has 1 saturated carbocycles. The highest BCUT2D eigenvalue weighted by molar-refractivity contribution is 5.41. The quantitative estimate of drug-likeness (QED) is 0.594. The standard InChI is InChI=1S/C13H14FNO2/c1-2-17-10-4-5-11(12(14)8-10)13(15-9-16)6-3-7-13/h4-5,8H,2-3,6-7H2,1H3. The Morgan fingerprint density at radius 3 is 2.76 bits per heavy atom. The molecule has 0 aliphatic heterocycles. The van der Waals surface area contributed by atoms with Gasteiger partial charge in [-0.05, 0) is 38.3 Å². The Hall–Kier alpha value is -1.67. The van der Waals surface area contributed by atoms with Crippen LogP contribution in [0.5, 0.6) is 5.75 Å². The van der Waals surface area contributed by atoms with Gasteiger partial charge in [0.05, 0.1) is 6.61 Å². The molecule has 0 radical (unpaired) electrons. The topological polar surface area (TPSA) is 38.7 Å². The first-order chi connectivity index (χ1) is 8.22. The van der Waals surface area contributed by atoms with Crippen molar-refractivity contribution in [3.8, 4) is 5.75 Å². The van der Waals surface area contributed by atoms with Gasteiger partial charge in [-0.3, -0.25) is 0 Å². The monoisotopic (exact) mass is 235 g/mol. The van der Waals surface area contributed by atoms with Gasteiger partial charge in [-0.25, -0.2) is 9.18 Å². The number of benzene rings is 1. The maximum Gasteiger partial charge on any atom is 0.235 e. The van der Waals surface area contributed by atoms with Crippen molar-refractivity contribution in [2.45, 2.75) is 31.7 Å². The van der Waals surface area contributed by atoms with Crippen LogP contribution in [-0.2, 0) is 10.3 Å². The minimum absolute atomic E-state index is 0.366. The van der Waals surface area contributed by atoms with E-state index >= 15 is 0 Å². The Labute approximate surface area is 99.3 Å². The summed E-state index contributed by atoms with van der Waals surface area (Å²) >= 11 is 0. The summed E-state index contributed by atoms with van der Waals surface area (Å²) in [4.78, 5) is 14.2. The minimum atomic E-state index is -0.684. The number of halogens is 1. The maximum absolute atomic E-state index is 13.9. The highest BCUT2D eigenvalue weighted by Crippen LogP contribution is 2.46. The molecule has 1 aliphatic rings. The second kappa shape index (κ2) is 4.68. The summed E-state index contributed by atoms with van der Waals surface area (Å²) in [7, 11) is 0. The van der Waals surface area contributed by atoms with Gasteiger partial charge in [0.15, 0.2) is 0 Å². The minimum Gasteiger partial charge on any atom is -0.494 e. The molecule has 2 rings (SSSR count). The first-order valence-electron chi connectivity index (χ1n) is 5.74. The van der Waals surface area contributed by atoms with E-state index in [9.17, 15) is 9.18 Å². The molecule has 1 aromatic carbocycles. The first-order valence-corrected chi connectivity index (χ1v) is 5.74. The van der Waals surface area contributed by atoms with E-state index in [1.54, 1.807) is 18.2 Å². The summed E-state index contributed by atoms with van der Waals surface area (Å²) in [6, 6.07) is 4.71. The molecule has 17 heavy (non-hydrogen) atoms. The van der Waals surface area contributed by atoms with E-state index in [1.807, 2.05) is 6.92 Å². The molecule has 0 N–H and O–H groups in total. The lowest BCUT2D eigenvalue weighted by atomic mass is 9.72. The third-order valence-electron chi connectivity index (χ3n) is 3.19. The van der Waals surface area contributed by atoms with Gasteiger partial charge in [0.1, 0.15) is 17.1 Å². The Bertz CT molecular complexity index is 462. The van der Waals surface area contributed by atoms with E-state index in [0.29, 0.717) is 30.8 Å². The van der Waals surface area contributed by atoms with Gasteiger partial charge in [-0.1, -0.05) is 0 Å². The average molecular weight is 235 g/mol. The molecule has 0 aromatic heterocycles. The van der Waals surface area contributed by atoms with Crippen LogP contribution in [-0.4, -0.2) is 12.7 Å². The number of aliphatic imine (C=N–C) groups is 1. The van der Waals surface area contributed by atoms with Crippen molar-refractivity contribution in [2.24, 2.45) is 4.99 Å². The molecule has 0 amide bonds. The fourth-order valence-electron chi connectivity index (χ4n) is 2.17. The van der Waals surface area contributed by atoms with Crippen molar-refractivity contribution in [3.05, 3.63) is 29.6 Å². The van der Waals surface area contributed by atoms with Crippen LogP contribution in [0, 0.1) is 5.82 Å². The molecule has 0 bridgehead atoms. The van der Waals surface area contributed by atoms with Gasteiger partial charge in [0.25, 0.3) is 0 Å². The lowest BCUT2D eigenvalue weighted by molar-refractivity contribution is 0.246. The number of hydrogen-bond acceptors (Lipinski definition) is 3. The predicted molar refractivity (Wildman–Crippen MR) is 61.2 cm³/mol. The molecule has 0 heterocycles. The maximum atomic E-state index is 13.9. The van der Waals surface area contributed by atoms with Crippen molar-refractivity contribution < 1.29 is 13.9 Å². The smallest absolute Gasteiger partial charge is 0.235 e. The Morgan fingerprint density at radius 1 is 1.53 bits per heavy atom. The Balaban J connectivity index is 2.35. The van der Waals surface area contributed by atoms with Crippen LogP contribution in [0.2, 0.25) is 0 Å². The summed E-state index contributed by atoms with van der Waals surface area (Å²) in [6.45, 7) is 2.34. The van der Waals surface area contributed by atoms with Crippen LogP contribution in [0.3, 0.4) is 0 Å². The van der Waals surface area contributed by atoms with Gasteiger partial charge in [-0.2, -0.15) is 4.99 Å². The fraction of sp³-hybridized carbons (Fsp3) is 0.462. The molecular weight excluding hydrogens is 221 g/mol. The zero-order chi connectivity index (χ0) is 12.3. The number of rotatable bonds is 4. The number of hydrogen-bond donors (Lipinski definition) is 0. The Kier molecular flexibility index (Phi) is 3.25.